The lowest BCUT2D eigenvalue weighted by Gasteiger charge is -2.12. The molecule has 198 valence electrons. The van der Waals surface area contributed by atoms with Crippen molar-refractivity contribution in [1.29, 1.82) is 0 Å². The van der Waals surface area contributed by atoms with Crippen molar-refractivity contribution >= 4 is 29.4 Å². The average molecular weight is 562 g/mol. The van der Waals surface area contributed by atoms with Gasteiger partial charge in [0.1, 0.15) is 11.4 Å². The van der Waals surface area contributed by atoms with Crippen molar-refractivity contribution in [2.24, 2.45) is 17.3 Å². The lowest BCUT2D eigenvalue weighted by molar-refractivity contribution is -0.141. The van der Waals surface area contributed by atoms with Crippen LogP contribution < -0.4 is 11.0 Å². The summed E-state index contributed by atoms with van der Waals surface area (Å²) >= 11 is 12.5. The Bertz CT molecular complexity index is 1560. The number of aromatic nitrogens is 3. The topological polar surface area (TPSA) is 75.4 Å². The fraction of sp³-hybridized carbons (Fsp3) is 0.185. The highest BCUT2D eigenvalue weighted by Gasteiger charge is 2.31. The predicted molar refractivity (Wildman–Crippen MR) is 145 cm³/mol. The maximum absolute atomic E-state index is 12.7. The molecule has 0 aliphatic heterocycles. The third kappa shape index (κ3) is 6.99. The van der Waals surface area contributed by atoms with Crippen molar-refractivity contribution in [3.8, 4) is 22.4 Å². The van der Waals surface area contributed by atoms with Gasteiger partial charge in [-0.25, -0.2) is 4.68 Å². The third-order valence-corrected chi connectivity index (χ3v) is 5.83. The summed E-state index contributed by atoms with van der Waals surface area (Å²) in [6.07, 6.45) is -3.29. The molecule has 0 unspecified atom stereocenters. The maximum atomic E-state index is 12.7. The highest BCUT2D eigenvalue weighted by atomic mass is 35.5. The van der Waals surface area contributed by atoms with Crippen molar-refractivity contribution in [2.75, 3.05) is 0 Å². The number of H-pyrrole nitrogens is 1. The molecule has 0 amide bonds. The molecule has 4 rings (SSSR count). The van der Waals surface area contributed by atoms with Crippen LogP contribution in [0.3, 0.4) is 0 Å². The quantitative estimate of drug-likeness (QED) is 0.212. The molecule has 2 aromatic heterocycles. The van der Waals surface area contributed by atoms with E-state index in [1.807, 2.05) is 49.2 Å². The molecule has 0 aliphatic carbocycles. The lowest BCUT2D eigenvalue weighted by atomic mass is 10.00. The molecule has 0 atom stereocenters. The van der Waals surface area contributed by atoms with E-state index in [1.165, 1.54) is 10.9 Å². The van der Waals surface area contributed by atoms with Crippen LogP contribution >= 0.6 is 23.2 Å². The lowest BCUT2D eigenvalue weighted by Crippen LogP contribution is -2.21. The second kappa shape index (κ2) is 12.7. The summed E-state index contributed by atoms with van der Waals surface area (Å²) in [6.45, 7) is 4.00. The molecule has 6 nitrogen and oxygen atoms in total. The zero-order valence-corrected chi connectivity index (χ0v) is 22.2. The first kappa shape index (κ1) is 28.9. The SMILES string of the molecule is CC.Cn1nc(-c2ccccc2Cl)c(-c2ccc(Cl)cc2)c/c1=N/N=C/Cc1ccc(C(F)(F)F)[nH]c1=O. The van der Waals surface area contributed by atoms with Gasteiger partial charge >= 0.3 is 6.18 Å². The van der Waals surface area contributed by atoms with Gasteiger partial charge in [0.25, 0.3) is 5.56 Å². The Labute approximate surface area is 227 Å². The first-order chi connectivity index (χ1) is 18.1. The highest BCUT2D eigenvalue weighted by Crippen LogP contribution is 2.33. The van der Waals surface area contributed by atoms with Crippen LogP contribution in [0, 0.1) is 0 Å². The summed E-state index contributed by atoms with van der Waals surface area (Å²) in [5.74, 6) is 0. The van der Waals surface area contributed by atoms with Crippen molar-refractivity contribution in [3.63, 3.8) is 0 Å². The standard InChI is InChI=1S/C25H18Cl2F3N5O.C2H6/c1-35-22(33-31-13-12-16-8-11-21(25(28,29)30)32-24(16)36)14-19(15-6-9-17(26)10-7-15)23(34-35)18-4-2-3-5-20(18)27;1-2/h2-11,13-14H,12H2,1H3,(H,32,36);1-2H3/b31-13+,33-22-;. The molecule has 0 saturated heterocycles. The predicted octanol–water partition coefficient (Wildman–Crippen LogP) is 6.92. The van der Waals surface area contributed by atoms with E-state index >= 15 is 0 Å². The van der Waals surface area contributed by atoms with Gasteiger partial charge in [0.05, 0.1) is 5.02 Å². The molecule has 0 bridgehead atoms. The molecule has 1 N–H and O–H groups in total. The summed E-state index contributed by atoms with van der Waals surface area (Å²) in [5.41, 5.74) is 1.52. The Morgan fingerprint density at radius 1 is 1.00 bits per heavy atom. The fourth-order valence-electron chi connectivity index (χ4n) is 3.41. The molecular weight excluding hydrogens is 538 g/mol. The van der Waals surface area contributed by atoms with E-state index in [2.05, 4.69) is 15.3 Å². The number of hydrogen-bond donors (Lipinski definition) is 1. The zero-order chi connectivity index (χ0) is 27.9. The van der Waals surface area contributed by atoms with Crippen LogP contribution in [0.15, 0.2) is 81.7 Å². The van der Waals surface area contributed by atoms with Gasteiger partial charge in [-0.05, 0) is 35.9 Å². The number of rotatable bonds is 5. The van der Waals surface area contributed by atoms with E-state index in [9.17, 15) is 18.0 Å². The number of halogens is 5. The maximum Gasteiger partial charge on any atom is 0.431 e. The molecular formula is C27H24Cl2F3N5O. The smallest absolute Gasteiger partial charge is 0.318 e. The summed E-state index contributed by atoms with van der Waals surface area (Å²) in [5, 5.41) is 14.0. The van der Waals surface area contributed by atoms with Gasteiger partial charge in [-0.2, -0.15) is 23.4 Å². The van der Waals surface area contributed by atoms with E-state index in [1.54, 1.807) is 31.3 Å². The molecule has 0 saturated carbocycles. The minimum Gasteiger partial charge on any atom is -0.318 e. The number of aryl methyl sites for hydroxylation is 1. The molecule has 0 fully saturated rings. The van der Waals surface area contributed by atoms with Gasteiger partial charge in [-0.15, -0.1) is 5.10 Å². The van der Waals surface area contributed by atoms with Crippen LogP contribution in [0.4, 0.5) is 13.2 Å². The summed E-state index contributed by atoms with van der Waals surface area (Å²) in [6, 6.07) is 18.3. The van der Waals surface area contributed by atoms with Gasteiger partial charge < -0.3 is 4.98 Å². The van der Waals surface area contributed by atoms with Crippen LogP contribution in [0.5, 0.6) is 0 Å². The van der Waals surface area contributed by atoms with Gasteiger partial charge in [0, 0.05) is 41.4 Å². The van der Waals surface area contributed by atoms with Crippen molar-refractivity contribution in [3.05, 3.63) is 104 Å². The number of nitrogens with zero attached hydrogens (tertiary/aromatic N) is 4. The average Bonchev–Trinajstić information content (AvgIpc) is 2.89. The van der Waals surface area contributed by atoms with Crippen molar-refractivity contribution in [1.82, 2.24) is 14.8 Å². The Kier molecular flexibility index (Phi) is 9.66. The Morgan fingerprint density at radius 2 is 1.68 bits per heavy atom. The zero-order valence-electron chi connectivity index (χ0n) is 20.7. The van der Waals surface area contributed by atoms with E-state index in [0.29, 0.717) is 21.2 Å². The second-order valence-electron chi connectivity index (χ2n) is 7.70. The first-order valence-corrected chi connectivity index (χ1v) is 12.3. The Balaban J connectivity index is 0.00000195. The molecule has 2 aromatic carbocycles. The third-order valence-electron chi connectivity index (χ3n) is 5.24. The normalized spacial score (nSPS) is 11.9. The summed E-state index contributed by atoms with van der Waals surface area (Å²) in [7, 11) is 1.70. The van der Waals surface area contributed by atoms with E-state index in [0.717, 1.165) is 28.8 Å². The van der Waals surface area contributed by atoms with Crippen LogP contribution in [-0.2, 0) is 19.6 Å². The second-order valence-corrected chi connectivity index (χ2v) is 8.55. The molecule has 0 radical (unpaired) electrons. The molecule has 0 aliphatic rings. The van der Waals surface area contributed by atoms with Crippen LogP contribution in [-0.4, -0.2) is 21.0 Å². The molecule has 4 aromatic rings. The van der Waals surface area contributed by atoms with Gasteiger partial charge in [-0.3, -0.25) is 4.79 Å². The van der Waals surface area contributed by atoms with Crippen LogP contribution in [0.1, 0.15) is 25.1 Å². The van der Waals surface area contributed by atoms with E-state index < -0.39 is 17.4 Å². The molecule has 0 spiro atoms. The van der Waals surface area contributed by atoms with Crippen molar-refractivity contribution in [2.45, 2.75) is 26.4 Å². The first-order valence-electron chi connectivity index (χ1n) is 11.6. The number of benzene rings is 2. The molecule has 11 heteroatoms. The Hall–Kier alpha value is -3.69. The molecule has 38 heavy (non-hydrogen) atoms. The van der Waals surface area contributed by atoms with Crippen LogP contribution in [0.25, 0.3) is 22.4 Å². The van der Waals surface area contributed by atoms with Crippen LogP contribution in [0.2, 0.25) is 10.0 Å². The van der Waals surface area contributed by atoms with Crippen molar-refractivity contribution < 1.29 is 13.2 Å². The van der Waals surface area contributed by atoms with Gasteiger partial charge in [-0.1, -0.05) is 73.4 Å². The number of alkyl halides is 3. The highest BCUT2D eigenvalue weighted by molar-refractivity contribution is 6.33. The summed E-state index contributed by atoms with van der Waals surface area (Å²) in [4.78, 5) is 13.8. The number of nitrogens with one attached hydrogen (secondary N) is 1. The largest absolute Gasteiger partial charge is 0.431 e. The number of pyridine rings is 1. The van der Waals surface area contributed by atoms with E-state index in [4.69, 9.17) is 23.2 Å². The van der Waals surface area contributed by atoms with E-state index in [-0.39, 0.29) is 12.0 Å². The number of hydrogen-bond acceptors (Lipinski definition) is 4. The Morgan fingerprint density at radius 3 is 2.32 bits per heavy atom. The number of aromatic amines is 1. The minimum atomic E-state index is -4.62. The molecule has 2 heterocycles. The summed E-state index contributed by atoms with van der Waals surface area (Å²) < 4.78 is 39.7. The minimum absolute atomic E-state index is 0.00411. The van der Waals surface area contributed by atoms with Gasteiger partial charge in [0.2, 0.25) is 0 Å². The van der Waals surface area contributed by atoms with Gasteiger partial charge in [0.15, 0.2) is 5.49 Å². The monoisotopic (exact) mass is 561 g/mol. The fourth-order valence-corrected chi connectivity index (χ4v) is 3.76.